The molecule has 0 aliphatic carbocycles. The lowest BCUT2D eigenvalue weighted by atomic mass is 10.1. The maximum Gasteiger partial charge on any atom is 0.270 e. The van der Waals surface area contributed by atoms with Crippen LogP contribution in [0.5, 0.6) is 5.75 Å². The summed E-state index contributed by atoms with van der Waals surface area (Å²) < 4.78 is 8.65. The number of nitrogens with zero attached hydrogens (tertiary/aromatic N) is 2. The average molecular weight is 505 g/mol. The summed E-state index contributed by atoms with van der Waals surface area (Å²) in [6.07, 6.45) is 4.00. The molecule has 1 aliphatic rings. The molecule has 1 aromatic heterocycles. The number of fused-ring (bicyclic) bond motifs is 1. The molecule has 170 valence electrons. The highest BCUT2D eigenvalue weighted by molar-refractivity contribution is 8.27. The molecule has 1 fully saturated rings. The number of hydrogen-bond acceptors (Lipinski definition) is 4. The number of aromatic nitrogens is 1. The first-order chi connectivity index (χ1) is 16.5. The molecule has 1 aliphatic heterocycles. The summed E-state index contributed by atoms with van der Waals surface area (Å²) in [6, 6.07) is 23.3. The maximum atomic E-state index is 13.2. The first-order valence-electron chi connectivity index (χ1n) is 10.8. The van der Waals surface area contributed by atoms with E-state index in [1.165, 1.54) is 11.8 Å². The molecule has 7 heteroatoms. The molecule has 1 amide bonds. The third-order valence-corrected chi connectivity index (χ3v) is 7.37. The second kappa shape index (κ2) is 9.66. The van der Waals surface area contributed by atoms with Crippen molar-refractivity contribution in [3.63, 3.8) is 0 Å². The van der Waals surface area contributed by atoms with Gasteiger partial charge in [-0.1, -0.05) is 72.0 Å². The first kappa shape index (κ1) is 22.7. The van der Waals surface area contributed by atoms with Crippen molar-refractivity contribution in [2.24, 2.45) is 0 Å². The molecule has 3 aromatic carbocycles. The Morgan fingerprint density at radius 2 is 1.82 bits per heavy atom. The molecule has 4 nitrogen and oxygen atoms in total. The van der Waals surface area contributed by atoms with Crippen molar-refractivity contribution in [1.82, 2.24) is 4.57 Å². The Labute approximate surface area is 212 Å². The molecule has 2 heterocycles. The highest BCUT2D eigenvalue weighted by atomic mass is 35.5. The van der Waals surface area contributed by atoms with Gasteiger partial charge in [-0.2, -0.15) is 0 Å². The second-order valence-corrected chi connectivity index (χ2v) is 9.99. The van der Waals surface area contributed by atoms with Gasteiger partial charge in [-0.3, -0.25) is 9.69 Å². The summed E-state index contributed by atoms with van der Waals surface area (Å²) in [5.41, 5.74) is 3.83. The van der Waals surface area contributed by atoms with Gasteiger partial charge >= 0.3 is 0 Å². The van der Waals surface area contributed by atoms with Crippen LogP contribution in [0.1, 0.15) is 11.1 Å². The van der Waals surface area contributed by atoms with Crippen molar-refractivity contribution in [3.05, 3.63) is 100 Å². The molecule has 5 rings (SSSR count). The van der Waals surface area contributed by atoms with Crippen LogP contribution in [0.25, 0.3) is 17.0 Å². The minimum Gasteiger partial charge on any atom is -0.492 e. The molecule has 0 radical (unpaired) electrons. The van der Waals surface area contributed by atoms with Gasteiger partial charge in [-0.05, 0) is 55.0 Å². The summed E-state index contributed by atoms with van der Waals surface area (Å²) in [7, 11) is 0. The molecule has 34 heavy (non-hydrogen) atoms. The second-order valence-electron chi connectivity index (χ2n) is 7.91. The number of rotatable bonds is 6. The van der Waals surface area contributed by atoms with Crippen LogP contribution in [-0.4, -0.2) is 21.4 Å². The molecule has 0 unspecified atom stereocenters. The molecular formula is C27H21ClN2O2S2. The molecule has 0 spiro atoms. The lowest BCUT2D eigenvalue weighted by Crippen LogP contribution is -2.27. The van der Waals surface area contributed by atoms with E-state index in [0.29, 0.717) is 22.4 Å². The van der Waals surface area contributed by atoms with Crippen molar-refractivity contribution in [2.45, 2.75) is 13.5 Å². The number of hydrogen-bond donors (Lipinski definition) is 0. The van der Waals surface area contributed by atoms with Crippen LogP contribution in [0.3, 0.4) is 0 Å². The largest absolute Gasteiger partial charge is 0.492 e. The van der Waals surface area contributed by atoms with Crippen LogP contribution in [0, 0.1) is 6.92 Å². The minimum atomic E-state index is -0.0977. The highest BCUT2D eigenvalue weighted by Gasteiger charge is 2.33. The van der Waals surface area contributed by atoms with Crippen molar-refractivity contribution in [2.75, 3.05) is 11.5 Å². The van der Waals surface area contributed by atoms with Crippen LogP contribution in [0.15, 0.2) is 83.9 Å². The molecule has 4 aromatic rings. The van der Waals surface area contributed by atoms with Gasteiger partial charge in [0.1, 0.15) is 12.4 Å². The number of para-hydroxylation sites is 2. The minimum absolute atomic E-state index is 0.0977. The van der Waals surface area contributed by atoms with E-state index in [1.807, 2.05) is 73.7 Å². The Balaban J connectivity index is 1.39. The lowest BCUT2D eigenvalue weighted by Gasteiger charge is -2.13. The molecule has 0 N–H and O–H groups in total. The SMILES string of the molecule is Cc1cc(OCCn2cc(/C=C3\SC(=S)N(c4ccccc4)C3=O)c3ccccc32)ccc1Cl. The monoisotopic (exact) mass is 504 g/mol. The lowest BCUT2D eigenvalue weighted by molar-refractivity contribution is -0.113. The Morgan fingerprint density at radius 1 is 1.06 bits per heavy atom. The number of halogens is 1. The van der Waals surface area contributed by atoms with Crippen molar-refractivity contribution in [1.29, 1.82) is 0 Å². The number of aryl methyl sites for hydroxylation is 1. The average Bonchev–Trinajstić information content (AvgIpc) is 3.33. The van der Waals surface area contributed by atoms with E-state index in [4.69, 9.17) is 28.6 Å². The number of carbonyl (C=O) groups is 1. The van der Waals surface area contributed by atoms with Crippen LogP contribution < -0.4 is 9.64 Å². The topological polar surface area (TPSA) is 34.5 Å². The van der Waals surface area contributed by atoms with Crippen LogP contribution in [0.2, 0.25) is 5.02 Å². The van der Waals surface area contributed by atoms with Gasteiger partial charge in [0.25, 0.3) is 5.91 Å². The van der Waals surface area contributed by atoms with E-state index >= 15 is 0 Å². The fourth-order valence-corrected chi connectivity index (χ4v) is 5.36. The molecular weight excluding hydrogens is 484 g/mol. The predicted molar refractivity (Wildman–Crippen MR) is 146 cm³/mol. The smallest absolute Gasteiger partial charge is 0.270 e. The number of ether oxygens (including phenoxy) is 1. The molecule has 0 bridgehead atoms. The van der Waals surface area contributed by atoms with Crippen LogP contribution >= 0.6 is 35.6 Å². The maximum absolute atomic E-state index is 13.2. The molecule has 0 atom stereocenters. The number of anilines is 1. The van der Waals surface area contributed by atoms with Gasteiger partial charge < -0.3 is 9.30 Å². The summed E-state index contributed by atoms with van der Waals surface area (Å²) in [4.78, 5) is 15.4. The summed E-state index contributed by atoms with van der Waals surface area (Å²) in [5, 5.41) is 1.81. The van der Waals surface area contributed by atoms with E-state index in [-0.39, 0.29) is 5.91 Å². The van der Waals surface area contributed by atoms with Crippen molar-refractivity contribution in [3.8, 4) is 5.75 Å². The Bertz CT molecular complexity index is 1430. The fraction of sp³-hybridized carbons (Fsp3) is 0.111. The standard InChI is InChI=1S/C27H21ClN2O2S2/c1-18-15-21(11-12-23(18)28)32-14-13-29-17-19(22-9-5-6-10-24(22)29)16-25-26(31)30(27(33)34-25)20-7-3-2-4-8-20/h2-12,15-17H,13-14H2,1H3/b25-16-. The summed E-state index contributed by atoms with van der Waals surface area (Å²) in [6.45, 7) is 3.14. The Morgan fingerprint density at radius 3 is 2.62 bits per heavy atom. The third-order valence-electron chi connectivity index (χ3n) is 5.64. The van der Waals surface area contributed by atoms with Gasteiger partial charge in [-0.15, -0.1) is 0 Å². The number of amides is 1. The van der Waals surface area contributed by atoms with Crippen molar-refractivity contribution < 1.29 is 9.53 Å². The van der Waals surface area contributed by atoms with E-state index in [1.54, 1.807) is 4.90 Å². The van der Waals surface area contributed by atoms with E-state index in [2.05, 4.69) is 22.9 Å². The van der Waals surface area contributed by atoms with Crippen LogP contribution in [0.4, 0.5) is 5.69 Å². The predicted octanol–water partition coefficient (Wildman–Crippen LogP) is 7.09. The number of thioether (sulfide) groups is 1. The first-order valence-corrected chi connectivity index (χ1v) is 12.4. The van der Waals surface area contributed by atoms with Gasteiger partial charge in [-0.25, -0.2) is 0 Å². The zero-order valence-corrected chi connectivity index (χ0v) is 20.8. The third kappa shape index (κ3) is 4.49. The fourth-order valence-electron chi connectivity index (χ4n) is 3.95. The van der Waals surface area contributed by atoms with E-state index in [0.717, 1.165) is 38.5 Å². The molecule has 0 saturated carbocycles. The Kier molecular flexibility index (Phi) is 6.46. The van der Waals surface area contributed by atoms with Gasteiger partial charge in [0, 0.05) is 27.7 Å². The molecule has 1 saturated heterocycles. The van der Waals surface area contributed by atoms with Crippen molar-refractivity contribution >= 4 is 68.5 Å². The van der Waals surface area contributed by atoms with E-state index in [9.17, 15) is 4.79 Å². The number of thiocarbonyl (C=S) groups is 1. The normalized spacial score (nSPS) is 15.0. The van der Waals surface area contributed by atoms with Crippen LogP contribution in [-0.2, 0) is 11.3 Å². The summed E-state index contributed by atoms with van der Waals surface area (Å²) >= 11 is 13.0. The van der Waals surface area contributed by atoms with E-state index < -0.39 is 0 Å². The Hall–Kier alpha value is -3.06. The zero-order valence-electron chi connectivity index (χ0n) is 18.4. The van der Waals surface area contributed by atoms with Gasteiger partial charge in [0.05, 0.1) is 17.1 Å². The van der Waals surface area contributed by atoms with Gasteiger partial charge in [0.2, 0.25) is 0 Å². The number of benzene rings is 3. The quantitative estimate of drug-likeness (QED) is 0.207. The zero-order chi connectivity index (χ0) is 23.7. The summed E-state index contributed by atoms with van der Waals surface area (Å²) in [5.74, 6) is 0.697. The number of carbonyl (C=O) groups excluding carboxylic acids is 1. The van der Waals surface area contributed by atoms with Gasteiger partial charge in [0.15, 0.2) is 4.32 Å². The highest BCUT2D eigenvalue weighted by Crippen LogP contribution is 2.37.